The van der Waals surface area contributed by atoms with Gasteiger partial charge in [0, 0.05) is 18.7 Å². The normalized spacial score (nSPS) is 11.0. The molecular weight excluding hydrogens is 303 g/mol. The highest BCUT2D eigenvalue weighted by Crippen LogP contribution is 2.28. The highest BCUT2D eigenvalue weighted by molar-refractivity contribution is 7.23. The summed E-state index contributed by atoms with van der Waals surface area (Å²) in [5.74, 6) is -0.0654. The van der Waals surface area contributed by atoms with E-state index in [9.17, 15) is 4.79 Å². The Balaban J connectivity index is 2.15. The van der Waals surface area contributed by atoms with E-state index in [1.54, 1.807) is 0 Å². The van der Waals surface area contributed by atoms with Crippen molar-refractivity contribution in [1.82, 2.24) is 10.6 Å². The first-order valence-corrected chi connectivity index (χ1v) is 7.94. The molecule has 0 saturated carbocycles. The van der Waals surface area contributed by atoms with Crippen LogP contribution in [0.1, 0.15) is 12.5 Å². The van der Waals surface area contributed by atoms with Crippen molar-refractivity contribution >= 4 is 20.7 Å². The predicted molar refractivity (Wildman–Crippen MR) is 101 cm³/mol. The highest BCUT2D eigenvalue weighted by Gasteiger charge is 2.04. The molecule has 3 nitrogen and oxygen atoms in total. The van der Waals surface area contributed by atoms with E-state index in [-0.39, 0.29) is 5.91 Å². The second-order valence-electron chi connectivity index (χ2n) is 5.14. The van der Waals surface area contributed by atoms with Crippen molar-refractivity contribution in [1.29, 1.82) is 0 Å². The Kier molecular flexibility index (Phi) is 6.13. The molecule has 0 heterocycles. The summed E-state index contributed by atoms with van der Waals surface area (Å²) in [5.41, 5.74) is 4.42. The minimum Gasteiger partial charge on any atom is -0.373 e. The van der Waals surface area contributed by atoms with Gasteiger partial charge in [0.1, 0.15) is 0 Å². The van der Waals surface area contributed by atoms with Crippen molar-refractivity contribution in [3.05, 3.63) is 78.3 Å². The monoisotopic (exact) mass is 324 g/mol. The summed E-state index contributed by atoms with van der Waals surface area (Å²) in [6.45, 7) is 5.87. The quantitative estimate of drug-likeness (QED) is 0.368. The molecule has 0 radical (unpaired) electrons. The van der Waals surface area contributed by atoms with Crippen molar-refractivity contribution in [3.63, 3.8) is 0 Å². The molecule has 0 aliphatic carbocycles. The molecule has 0 spiro atoms. The van der Waals surface area contributed by atoms with Crippen LogP contribution in [0.2, 0.25) is 0 Å². The smallest absolute Gasteiger partial charge is 0.218 e. The molecule has 0 aromatic heterocycles. The summed E-state index contributed by atoms with van der Waals surface area (Å²) in [6.07, 6.45) is 1.86. The van der Waals surface area contributed by atoms with Crippen LogP contribution in [0.25, 0.3) is 16.7 Å². The zero-order chi connectivity index (χ0) is 16.7. The maximum atomic E-state index is 10.9. The number of carbonyl (C=O) groups excluding carboxylic acids is 1. The molecule has 0 aliphatic heterocycles. The van der Waals surface area contributed by atoms with Gasteiger partial charge in [-0.3, -0.25) is 4.79 Å². The Morgan fingerprint density at radius 3 is 2.26 bits per heavy atom. The van der Waals surface area contributed by atoms with Crippen LogP contribution in [0.15, 0.2) is 72.7 Å². The summed E-state index contributed by atoms with van der Waals surface area (Å²) in [5, 5.41) is 6.65. The van der Waals surface area contributed by atoms with Crippen LogP contribution < -0.4 is 10.6 Å². The van der Waals surface area contributed by atoms with Crippen molar-refractivity contribution < 1.29 is 4.79 Å². The molecule has 1 atom stereocenters. The third-order valence-corrected chi connectivity index (χ3v) is 3.65. The second kappa shape index (κ2) is 8.30. The van der Waals surface area contributed by atoms with Gasteiger partial charge in [0.05, 0.1) is 6.67 Å². The maximum absolute atomic E-state index is 10.9. The van der Waals surface area contributed by atoms with Gasteiger partial charge in [0.2, 0.25) is 5.91 Å². The van der Waals surface area contributed by atoms with Crippen molar-refractivity contribution in [2.24, 2.45) is 0 Å². The first-order chi connectivity index (χ1) is 11.1. The fourth-order valence-corrected chi connectivity index (χ4v) is 2.41. The number of hydrogen-bond acceptors (Lipinski definition) is 2. The summed E-state index contributed by atoms with van der Waals surface area (Å²) < 4.78 is 0. The lowest BCUT2D eigenvalue weighted by Crippen LogP contribution is -2.29. The van der Waals surface area contributed by atoms with Gasteiger partial charge < -0.3 is 10.6 Å². The van der Waals surface area contributed by atoms with Crippen LogP contribution in [-0.2, 0) is 4.79 Å². The molecule has 2 aromatic carbocycles. The van der Waals surface area contributed by atoms with E-state index >= 15 is 0 Å². The van der Waals surface area contributed by atoms with E-state index in [0.717, 1.165) is 16.5 Å². The molecule has 2 rings (SSSR count). The maximum Gasteiger partial charge on any atom is 0.218 e. The van der Waals surface area contributed by atoms with Gasteiger partial charge in [-0.1, -0.05) is 61.2 Å². The molecule has 23 heavy (non-hydrogen) atoms. The minimum atomic E-state index is -0.0654. The van der Waals surface area contributed by atoms with E-state index in [0.29, 0.717) is 6.67 Å². The van der Waals surface area contributed by atoms with Gasteiger partial charge in [-0.15, -0.1) is 9.24 Å². The second-order valence-corrected chi connectivity index (χ2v) is 5.84. The lowest BCUT2D eigenvalue weighted by atomic mass is 10.0. The number of nitrogens with one attached hydrogen (secondary N) is 2. The van der Waals surface area contributed by atoms with Crippen molar-refractivity contribution in [3.8, 4) is 11.1 Å². The Morgan fingerprint density at radius 2 is 1.70 bits per heavy atom. The van der Waals surface area contributed by atoms with Crippen LogP contribution in [0.3, 0.4) is 0 Å². The van der Waals surface area contributed by atoms with Gasteiger partial charge >= 0.3 is 0 Å². The van der Waals surface area contributed by atoms with Gasteiger partial charge in [0.25, 0.3) is 0 Å². The lowest BCUT2D eigenvalue weighted by molar-refractivity contribution is -0.119. The minimum absolute atomic E-state index is 0.0654. The Labute approximate surface area is 139 Å². The molecule has 1 unspecified atom stereocenters. The Bertz CT molecular complexity index is 706. The molecule has 0 aliphatic rings. The first-order valence-electron chi connectivity index (χ1n) is 7.36. The van der Waals surface area contributed by atoms with Crippen molar-refractivity contribution in [2.75, 3.05) is 6.67 Å². The number of amides is 1. The van der Waals surface area contributed by atoms with Crippen LogP contribution in [-0.4, -0.2) is 12.6 Å². The van der Waals surface area contributed by atoms with Crippen molar-refractivity contribution in [2.45, 2.75) is 6.92 Å². The van der Waals surface area contributed by atoms with E-state index in [1.165, 1.54) is 18.1 Å². The highest BCUT2D eigenvalue weighted by atomic mass is 31.0. The zero-order valence-electron chi connectivity index (χ0n) is 13.2. The van der Waals surface area contributed by atoms with Gasteiger partial charge in [0.15, 0.2) is 0 Å². The first kappa shape index (κ1) is 17.0. The Hall–Kier alpha value is -2.38. The third-order valence-electron chi connectivity index (χ3n) is 3.33. The topological polar surface area (TPSA) is 41.1 Å². The molecule has 2 aromatic rings. The Morgan fingerprint density at radius 1 is 1.09 bits per heavy atom. The van der Waals surface area contributed by atoms with E-state index in [2.05, 4.69) is 62.9 Å². The van der Waals surface area contributed by atoms with Gasteiger partial charge in [-0.05, 0) is 22.0 Å². The summed E-state index contributed by atoms with van der Waals surface area (Å²) in [4.78, 5) is 10.9. The summed E-state index contributed by atoms with van der Waals surface area (Å²) >= 11 is 0. The van der Waals surface area contributed by atoms with Gasteiger partial charge in [-0.2, -0.15) is 0 Å². The number of rotatable bonds is 6. The van der Waals surface area contributed by atoms with E-state index in [4.69, 9.17) is 0 Å². The van der Waals surface area contributed by atoms with Crippen LogP contribution in [0, 0.1) is 0 Å². The third kappa shape index (κ3) is 5.08. The summed E-state index contributed by atoms with van der Waals surface area (Å²) in [6, 6.07) is 18.6. The molecule has 0 saturated heterocycles. The number of hydrogen-bond donors (Lipinski definition) is 2. The van der Waals surface area contributed by atoms with Crippen LogP contribution >= 0.6 is 9.24 Å². The number of allylic oxidation sites excluding steroid dienone is 2. The largest absolute Gasteiger partial charge is 0.373 e. The fourth-order valence-electron chi connectivity index (χ4n) is 2.16. The van der Waals surface area contributed by atoms with Crippen LogP contribution in [0.5, 0.6) is 0 Å². The van der Waals surface area contributed by atoms with Gasteiger partial charge in [-0.25, -0.2) is 0 Å². The molecule has 1 amide bonds. The molecular formula is C19H21N2OP. The van der Waals surface area contributed by atoms with Crippen LogP contribution in [0.4, 0.5) is 0 Å². The summed E-state index contributed by atoms with van der Waals surface area (Å²) in [7, 11) is 2.62. The standard InChI is InChI=1S/C19H21N2OP/c1-14(23)19(12-20-13-21-15(2)22)18-10-8-17(9-11-18)16-6-4-3-5-7-16/h3-12,20H,1,13,23H2,2H3,(H,21,22)/b19-12+. The zero-order valence-corrected chi connectivity index (χ0v) is 14.3. The average Bonchev–Trinajstić information content (AvgIpc) is 2.55. The molecule has 0 fully saturated rings. The molecule has 0 bridgehead atoms. The molecule has 118 valence electrons. The lowest BCUT2D eigenvalue weighted by Gasteiger charge is -2.10. The van der Waals surface area contributed by atoms with E-state index in [1.807, 2.05) is 24.4 Å². The molecule has 2 N–H and O–H groups in total. The van der Waals surface area contributed by atoms with E-state index < -0.39 is 0 Å². The molecule has 4 heteroatoms. The average molecular weight is 324 g/mol. The predicted octanol–water partition coefficient (Wildman–Crippen LogP) is 3.77. The SMILES string of the molecule is C=C(P)/C(=C\NCNC(C)=O)c1ccc(-c2ccccc2)cc1. The fraction of sp³-hybridized carbons (Fsp3) is 0.105. The number of carbonyl (C=O) groups is 1. The number of benzene rings is 2.